The minimum absolute atomic E-state index is 0.203. The highest BCUT2D eigenvalue weighted by Gasteiger charge is 2.41. The molecule has 17 heavy (non-hydrogen) atoms. The van der Waals surface area contributed by atoms with Gasteiger partial charge >= 0.3 is 0 Å². The van der Waals surface area contributed by atoms with Crippen LogP contribution in [-0.2, 0) is 14.6 Å². The largest absolute Gasteiger partial charge is 0.394 e. The smallest absolute Gasteiger partial charge is 0.241 e. The van der Waals surface area contributed by atoms with Gasteiger partial charge in [0.2, 0.25) is 5.91 Å². The Balaban J connectivity index is 5.11. The lowest BCUT2D eigenvalue weighted by molar-refractivity contribution is -0.125. The Kier molecular flexibility index (Phi) is 5.16. The first-order valence-electron chi connectivity index (χ1n) is 5.69. The maximum atomic E-state index is 12.0. The molecule has 0 aromatic heterocycles. The highest BCUT2D eigenvalue weighted by molar-refractivity contribution is 7.92. The fourth-order valence-corrected chi connectivity index (χ4v) is 1.64. The van der Waals surface area contributed by atoms with Gasteiger partial charge in [0.05, 0.1) is 12.1 Å². The van der Waals surface area contributed by atoms with E-state index in [2.05, 4.69) is 5.32 Å². The molecule has 0 atom stereocenters. The lowest BCUT2D eigenvalue weighted by Crippen LogP contribution is -2.58. The molecule has 0 aliphatic heterocycles. The highest BCUT2D eigenvalue weighted by atomic mass is 32.2. The van der Waals surface area contributed by atoms with Crippen molar-refractivity contribution in [3.8, 4) is 0 Å². The summed E-state index contributed by atoms with van der Waals surface area (Å²) in [5.74, 6) is -0.572. The first kappa shape index (κ1) is 16.4. The van der Waals surface area contributed by atoms with Crippen LogP contribution in [0.1, 0.15) is 40.5 Å². The molecule has 6 heteroatoms. The predicted molar refractivity (Wildman–Crippen MR) is 67.5 cm³/mol. The van der Waals surface area contributed by atoms with Gasteiger partial charge in [-0.05, 0) is 26.7 Å². The van der Waals surface area contributed by atoms with Crippen LogP contribution < -0.4 is 5.32 Å². The number of carbonyl (C=O) groups is 1. The van der Waals surface area contributed by atoms with Crippen molar-refractivity contribution in [2.45, 2.75) is 50.8 Å². The highest BCUT2D eigenvalue weighted by Crippen LogP contribution is 2.20. The molecule has 102 valence electrons. The number of nitrogens with one attached hydrogen (secondary N) is 1. The fourth-order valence-electron chi connectivity index (χ4n) is 1.25. The van der Waals surface area contributed by atoms with E-state index in [1.54, 1.807) is 0 Å². The number of aliphatic hydroxyl groups is 1. The Hall–Kier alpha value is -0.620. The zero-order valence-electron chi connectivity index (χ0n) is 11.2. The van der Waals surface area contributed by atoms with E-state index in [-0.39, 0.29) is 6.61 Å². The number of amides is 1. The summed E-state index contributed by atoms with van der Waals surface area (Å²) in [5.41, 5.74) is -0.737. The Morgan fingerprint density at radius 3 is 1.88 bits per heavy atom. The normalized spacial score (nSPS) is 13.5. The summed E-state index contributed by atoms with van der Waals surface area (Å²) in [7, 11) is -3.49. The van der Waals surface area contributed by atoms with Gasteiger partial charge in [-0.15, -0.1) is 0 Å². The van der Waals surface area contributed by atoms with Crippen molar-refractivity contribution in [1.82, 2.24) is 5.32 Å². The van der Waals surface area contributed by atoms with Gasteiger partial charge < -0.3 is 10.4 Å². The summed E-state index contributed by atoms with van der Waals surface area (Å²) in [4.78, 5) is 12.0. The number of carbonyl (C=O) groups excluding carboxylic acids is 1. The van der Waals surface area contributed by atoms with Gasteiger partial charge in [-0.25, -0.2) is 8.42 Å². The maximum Gasteiger partial charge on any atom is 0.241 e. The van der Waals surface area contributed by atoms with E-state index in [0.717, 1.165) is 6.26 Å². The number of hydrogen-bond acceptors (Lipinski definition) is 4. The molecule has 0 aromatic carbocycles. The number of rotatable bonds is 6. The topological polar surface area (TPSA) is 83.5 Å². The van der Waals surface area contributed by atoms with Crippen molar-refractivity contribution in [2.75, 3.05) is 12.9 Å². The molecule has 0 rings (SSSR count). The van der Waals surface area contributed by atoms with Crippen molar-refractivity contribution in [3.05, 3.63) is 0 Å². The lowest BCUT2D eigenvalue weighted by Gasteiger charge is -2.34. The zero-order valence-corrected chi connectivity index (χ0v) is 12.0. The van der Waals surface area contributed by atoms with Gasteiger partial charge in [0.15, 0.2) is 9.84 Å². The molecular formula is C11H23NO4S. The average molecular weight is 265 g/mol. The minimum Gasteiger partial charge on any atom is -0.394 e. The molecule has 0 saturated heterocycles. The van der Waals surface area contributed by atoms with Crippen LogP contribution in [0.5, 0.6) is 0 Å². The van der Waals surface area contributed by atoms with Crippen molar-refractivity contribution in [2.24, 2.45) is 0 Å². The van der Waals surface area contributed by atoms with Gasteiger partial charge in [0.1, 0.15) is 4.75 Å². The van der Waals surface area contributed by atoms with Crippen molar-refractivity contribution < 1.29 is 18.3 Å². The Bertz CT molecular complexity index is 361. The third-order valence-corrected chi connectivity index (χ3v) is 5.55. The molecule has 0 spiro atoms. The third-order valence-electron chi connectivity index (χ3n) is 3.51. The third kappa shape index (κ3) is 3.42. The van der Waals surface area contributed by atoms with Crippen LogP contribution in [0.3, 0.4) is 0 Å². The van der Waals surface area contributed by atoms with Crippen LogP contribution in [0, 0.1) is 0 Å². The fraction of sp³-hybridized carbons (Fsp3) is 0.909. The molecule has 0 fully saturated rings. The van der Waals surface area contributed by atoms with Crippen molar-refractivity contribution in [3.63, 3.8) is 0 Å². The van der Waals surface area contributed by atoms with E-state index in [1.165, 1.54) is 13.8 Å². The summed E-state index contributed by atoms with van der Waals surface area (Å²) < 4.78 is 21.6. The van der Waals surface area contributed by atoms with Crippen molar-refractivity contribution >= 4 is 15.7 Å². The second kappa shape index (κ2) is 5.35. The average Bonchev–Trinajstić information content (AvgIpc) is 2.24. The van der Waals surface area contributed by atoms with Crippen LogP contribution >= 0.6 is 0 Å². The molecule has 0 unspecified atom stereocenters. The van der Waals surface area contributed by atoms with E-state index in [4.69, 9.17) is 0 Å². The van der Waals surface area contributed by atoms with Crippen LogP contribution in [0.2, 0.25) is 0 Å². The van der Waals surface area contributed by atoms with Crippen LogP contribution in [0.25, 0.3) is 0 Å². The second-order valence-corrected chi connectivity index (χ2v) is 7.45. The molecule has 0 aromatic rings. The zero-order chi connectivity index (χ0) is 13.9. The standard InChI is InChI=1S/C11H23NO4S/c1-6-11(7-2,8-13)12-9(14)10(3,4)17(5,15)16/h13H,6-8H2,1-5H3,(H,12,14). The number of hydrogen-bond donors (Lipinski definition) is 2. The molecule has 1 amide bonds. The first-order chi connectivity index (χ1) is 7.56. The van der Waals surface area contributed by atoms with Gasteiger partial charge in [0, 0.05) is 6.26 Å². The van der Waals surface area contributed by atoms with Crippen LogP contribution in [0.4, 0.5) is 0 Å². The number of sulfone groups is 1. The van der Waals surface area contributed by atoms with Gasteiger partial charge in [0.25, 0.3) is 0 Å². The number of aliphatic hydroxyl groups excluding tert-OH is 1. The predicted octanol–water partition coefficient (Wildman–Crippen LogP) is 0.477. The van der Waals surface area contributed by atoms with Crippen LogP contribution in [-0.4, -0.2) is 42.6 Å². The second-order valence-electron chi connectivity index (χ2n) is 4.88. The maximum absolute atomic E-state index is 12.0. The summed E-state index contributed by atoms with van der Waals surface area (Å²) in [6.45, 7) is 6.21. The molecule has 0 aliphatic rings. The Morgan fingerprint density at radius 1 is 1.24 bits per heavy atom. The first-order valence-corrected chi connectivity index (χ1v) is 7.58. The van der Waals surface area contributed by atoms with E-state index in [9.17, 15) is 18.3 Å². The molecular weight excluding hydrogens is 242 g/mol. The van der Waals surface area contributed by atoms with Gasteiger partial charge in [-0.1, -0.05) is 13.8 Å². The summed E-state index contributed by atoms with van der Waals surface area (Å²) in [5, 5.41) is 12.0. The van der Waals surface area contributed by atoms with Gasteiger partial charge in [-0.2, -0.15) is 0 Å². The summed E-state index contributed by atoms with van der Waals surface area (Å²) >= 11 is 0. The Labute approximate surface area is 104 Å². The molecule has 0 aliphatic carbocycles. The quantitative estimate of drug-likeness (QED) is 0.731. The van der Waals surface area contributed by atoms with Crippen molar-refractivity contribution in [1.29, 1.82) is 0 Å². The molecule has 0 saturated carbocycles. The molecule has 0 bridgehead atoms. The van der Waals surface area contributed by atoms with Crippen LogP contribution in [0.15, 0.2) is 0 Å². The molecule has 0 radical (unpaired) electrons. The monoisotopic (exact) mass is 265 g/mol. The van der Waals surface area contributed by atoms with Gasteiger partial charge in [-0.3, -0.25) is 4.79 Å². The minimum atomic E-state index is -3.49. The summed E-state index contributed by atoms with van der Waals surface area (Å²) in [6.07, 6.45) is 2.13. The van der Waals surface area contributed by atoms with E-state index in [1.807, 2.05) is 13.8 Å². The van der Waals surface area contributed by atoms with E-state index in [0.29, 0.717) is 12.8 Å². The molecule has 2 N–H and O–H groups in total. The summed E-state index contributed by atoms with van der Waals surface area (Å²) in [6, 6.07) is 0. The SMILES string of the molecule is CCC(CC)(CO)NC(=O)C(C)(C)S(C)(=O)=O. The Morgan fingerprint density at radius 2 is 1.65 bits per heavy atom. The lowest BCUT2D eigenvalue weighted by atomic mass is 9.93. The van der Waals surface area contributed by atoms with E-state index < -0.39 is 26.0 Å². The molecule has 5 nitrogen and oxygen atoms in total. The molecule has 0 heterocycles. The van der Waals surface area contributed by atoms with E-state index >= 15 is 0 Å².